The third kappa shape index (κ3) is 3.70. The van der Waals surface area contributed by atoms with Crippen LogP contribution in [0.4, 0.5) is 5.69 Å². The molecule has 2 rings (SSSR count). The van der Waals surface area contributed by atoms with Gasteiger partial charge in [0.15, 0.2) is 0 Å². The summed E-state index contributed by atoms with van der Waals surface area (Å²) in [5.74, 6) is 0.693. The Morgan fingerprint density at radius 2 is 2.11 bits per heavy atom. The molecule has 1 aliphatic rings. The topological polar surface area (TPSA) is 41.6 Å². The lowest BCUT2D eigenvalue weighted by molar-refractivity contribution is -0.128. The van der Waals surface area contributed by atoms with Gasteiger partial charge < -0.3 is 15.0 Å². The van der Waals surface area contributed by atoms with Crippen LogP contribution in [0.5, 0.6) is 0 Å². The van der Waals surface area contributed by atoms with Gasteiger partial charge in [-0.05, 0) is 30.0 Å². The Balaban J connectivity index is 1.88. The largest absolute Gasteiger partial charge is 0.388 e. The van der Waals surface area contributed by atoms with Crippen LogP contribution in [-0.2, 0) is 16.0 Å². The minimum Gasteiger partial charge on any atom is -0.388 e. The molecule has 1 atom stereocenters. The van der Waals surface area contributed by atoms with E-state index in [9.17, 15) is 4.79 Å². The Bertz CT molecular complexity index is 417. The van der Waals surface area contributed by atoms with E-state index in [1.807, 2.05) is 11.9 Å². The monoisotopic (exact) mass is 262 g/mol. The van der Waals surface area contributed by atoms with Crippen molar-refractivity contribution < 1.29 is 9.53 Å². The van der Waals surface area contributed by atoms with Gasteiger partial charge in [0.2, 0.25) is 5.91 Å². The van der Waals surface area contributed by atoms with Crippen molar-refractivity contribution in [3.05, 3.63) is 29.8 Å². The van der Waals surface area contributed by atoms with Crippen LogP contribution in [0.1, 0.15) is 12.0 Å². The first-order valence-electron chi connectivity index (χ1n) is 6.76. The average molecular weight is 262 g/mol. The fourth-order valence-corrected chi connectivity index (χ4v) is 2.55. The van der Waals surface area contributed by atoms with Gasteiger partial charge in [0.05, 0.1) is 6.61 Å². The summed E-state index contributed by atoms with van der Waals surface area (Å²) in [6.07, 6.45) is 1.64. The minimum atomic E-state index is 0.258. The van der Waals surface area contributed by atoms with Crippen LogP contribution in [-0.4, -0.2) is 44.7 Å². The van der Waals surface area contributed by atoms with Gasteiger partial charge in [-0.2, -0.15) is 0 Å². The van der Waals surface area contributed by atoms with E-state index in [0.29, 0.717) is 25.5 Å². The van der Waals surface area contributed by atoms with Crippen LogP contribution >= 0.6 is 0 Å². The molecule has 1 saturated heterocycles. The molecule has 1 fully saturated rings. The lowest BCUT2D eigenvalue weighted by atomic mass is 9.98. The molecular weight excluding hydrogens is 240 g/mol. The fraction of sp³-hybridized carbons (Fsp3) is 0.533. The Kier molecular flexibility index (Phi) is 4.80. The number of anilines is 1. The number of ether oxygens (including phenoxy) is 1. The van der Waals surface area contributed by atoms with Crippen molar-refractivity contribution in [2.45, 2.75) is 12.8 Å². The number of rotatable bonds is 6. The van der Waals surface area contributed by atoms with E-state index in [0.717, 1.165) is 18.7 Å². The molecule has 19 heavy (non-hydrogen) atoms. The lowest BCUT2D eigenvalue weighted by Crippen LogP contribution is -2.28. The minimum absolute atomic E-state index is 0.258. The number of nitrogens with one attached hydrogen (secondary N) is 1. The summed E-state index contributed by atoms with van der Waals surface area (Å²) in [6, 6.07) is 8.42. The maximum Gasteiger partial charge on any atom is 0.223 e. The number of hydrogen-bond acceptors (Lipinski definition) is 3. The molecule has 0 unspecified atom stereocenters. The van der Waals surface area contributed by atoms with Crippen LogP contribution in [0.3, 0.4) is 0 Å². The molecule has 104 valence electrons. The normalized spacial score (nSPS) is 18.9. The van der Waals surface area contributed by atoms with E-state index in [2.05, 4.69) is 29.6 Å². The number of hydrogen-bond donors (Lipinski definition) is 1. The molecule has 0 saturated carbocycles. The predicted molar refractivity (Wildman–Crippen MR) is 76.3 cm³/mol. The fourth-order valence-electron chi connectivity index (χ4n) is 2.55. The second-order valence-corrected chi connectivity index (χ2v) is 5.05. The number of likely N-dealkylation sites (tertiary alicyclic amines) is 1. The molecule has 1 N–H and O–H groups in total. The SMILES string of the molecule is CNc1ccc(C[C@@H]2CC(=O)N(CCOC)C2)cc1. The highest BCUT2D eigenvalue weighted by molar-refractivity contribution is 5.78. The maximum atomic E-state index is 11.8. The van der Waals surface area contributed by atoms with Gasteiger partial charge >= 0.3 is 0 Å². The van der Waals surface area contributed by atoms with Gasteiger partial charge in [-0.1, -0.05) is 12.1 Å². The summed E-state index contributed by atoms with van der Waals surface area (Å²) in [4.78, 5) is 13.8. The number of carbonyl (C=O) groups is 1. The van der Waals surface area contributed by atoms with Gasteiger partial charge in [0.25, 0.3) is 0 Å². The molecule has 4 heteroatoms. The van der Waals surface area contributed by atoms with E-state index >= 15 is 0 Å². The highest BCUT2D eigenvalue weighted by Crippen LogP contribution is 2.22. The zero-order chi connectivity index (χ0) is 13.7. The van der Waals surface area contributed by atoms with Crippen molar-refractivity contribution in [3.63, 3.8) is 0 Å². The molecular formula is C15H22N2O2. The first kappa shape index (κ1) is 13.9. The summed E-state index contributed by atoms with van der Waals surface area (Å²) in [5, 5.41) is 3.11. The van der Waals surface area contributed by atoms with Crippen molar-refractivity contribution >= 4 is 11.6 Å². The Morgan fingerprint density at radius 1 is 1.37 bits per heavy atom. The molecule has 0 aromatic heterocycles. The summed E-state index contributed by atoms with van der Waals surface area (Å²) < 4.78 is 5.03. The van der Waals surface area contributed by atoms with Crippen LogP contribution in [0, 0.1) is 5.92 Å². The lowest BCUT2D eigenvalue weighted by Gasteiger charge is -2.16. The van der Waals surface area contributed by atoms with Gasteiger partial charge in [0, 0.05) is 39.4 Å². The second-order valence-electron chi connectivity index (χ2n) is 5.05. The average Bonchev–Trinajstić information content (AvgIpc) is 2.77. The third-order valence-corrected chi connectivity index (χ3v) is 3.63. The van der Waals surface area contributed by atoms with Crippen LogP contribution in [0.25, 0.3) is 0 Å². The molecule has 1 aromatic rings. The molecule has 1 amide bonds. The summed E-state index contributed by atoms with van der Waals surface area (Å²) in [7, 11) is 3.58. The van der Waals surface area contributed by atoms with Crippen molar-refractivity contribution in [2.24, 2.45) is 5.92 Å². The van der Waals surface area contributed by atoms with E-state index in [4.69, 9.17) is 4.74 Å². The van der Waals surface area contributed by atoms with Crippen molar-refractivity contribution in [1.29, 1.82) is 0 Å². The Hall–Kier alpha value is -1.55. The van der Waals surface area contributed by atoms with Gasteiger partial charge in [-0.25, -0.2) is 0 Å². The molecule has 1 aliphatic heterocycles. The van der Waals surface area contributed by atoms with Gasteiger partial charge in [-0.3, -0.25) is 4.79 Å². The zero-order valence-electron chi connectivity index (χ0n) is 11.7. The molecule has 1 aromatic carbocycles. The van der Waals surface area contributed by atoms with E-state index < -0.39 is 0 Å². The standard InChI is InChI=1S/C15H22N2O2/c1-16-14-5-3-12(4-6-14)9-13-10-15(18)17(11-13)7-8-19-2/h3-6,13,16H,7-11H2,1-2H3/t13-/m1/s1. The number of nitrogens with zero attached hydrogens (tertiary/aromatic N) is 1. The quantitative estimate of drug-likeness (QED) is 0.849. The van der Waals surface area contributed by atoms with Crippen LogP contribution in [0.15, 0.2) is 24.3 Å². The number of amides is 1. The molecule has 0 aliphatic carbocycles. The van der Waals surface area contributed by atoms with Crippen LogP contribution in [0.2, 0.25) is 0 Å². The Morgan fingerprint density at radius 3 is 2.74 bits per heavy atom. The molecule has 1 heterocycles. The van der Waals surface area contributed by atoms with Crippen molar-refractivity contribution in [2.75, 3.05) is 39.2 Å². The summed E-state index contributed by atoms with van der Waals surface area (Å²) in [6.45, 7) is 2.19. The van der Waals surface area contributed by atoms with Crippen LogP contribution < -0.4 is 5.32 Å². The van der Waals surface area contributed by atoms with Crippen molar-refractivity contribution in [1.82, 2.24) is 4.90 Å². The number of carbonyl (C=O) groups excluding carboxylic acids is 1. The number of methoxy groups -OCH3 is 1. The number of benzene rings is 1. The predicted octanol–water partition coefficient (Wildman–Crippen LogP) is 1.77. The molecule has 0 radical (unpaired) electrons. The van der Waals surface area contributed by atoms with E-state index in [1.54, 1.807) is 7.11 Å². The maximum absolute atomic E-state index is 11.8. The first-order valence-corrected chi connectivity index (χ1v) is 6.76. The third-order valence-electron chi connectivity index (χ3n) is 3.63. The molecule has 0 bridgehead atoms. The highest BCUT2D eigenvalue weighted by Gasteiger charge is 2.28. The second kappa shape index (κ2) is 6.57. The smallest absolute Gasteiger partial charge is 0.223 e. The van der Waals surface area contributed by atoms with E-state index in [1.165, 1.54) is 5.56 Å². The summed E-state index contributed by atoms with van der Waals surface area (Å²) >= 11 is 0. The first-order chi connectivity index (χ1) is 9.22. The highest BCUT2D eigenvalue weighted by atomic mass is 16.5. The van der Waals surface area contributed by atoms with Gasteiger partial charge in [-0.15, -0.1) is 0 Å². The molecule has 0 spiro atoms. The van der Waals surface area contributed by atoms with Crippen molar-refractivity contribution in [3.8, 4) is 0 Å². The van der Waals surface area contributed by atoms with E-state index in [-0.39, 0.29) is 5.91 Å². The molecule has 4 nitrogen and oxygen atoms in total. The van der Waals surface area contributed by atoms with Gasteiger partial charge in [0.1, 0.15) is 0 Å². The zero-order valence-corrected chi connectivity index (χ0v) is 11.7. The summed E-state index contributed by atoms with van der Waals surface area (Å²) in [5.41, 5.74) is 2.42. The Labute approximate surface area is 114 Å².